The van der Waals surface area contributed by atoms with Gasteiger partial charge in [0.1, 0.15) is 5.82 Å². The number of likely N-dealkylation sites (tertiary alicyclic amines) is 1. The van der Waals surface area contributed by atoms with Gasteiger partial charge in [0.25, 0.3) is 0 Å². The van der Waals surface area contributed by atoms with Crippen LogP contribution in [0.15, 0.2) is 54.6 Å². The molecule has 1 saturated heterocycles. The predicted octanol–water partition coefficient (Wildman–Crippen LogP) is 4.43. The molecule has 2 heterocycles. The van der Waals surface area contributed by atoms with Gasteiger partial charge >= 0.3 is 6.03 Å². The largest absolute Gasteiger partial charge is 0.327 e. The monoisotopic (exact) mass is 334 g/mol. The molecule has 1 aromatic heterocycles. The van der Waals surface area contributed by atoms with Crippen molar-refractivity contribution in [3.63, 3.8) is 0 Å². The molecule has 0 spiro atoms. The minimum absolute atomic E-state index is 0.0241. The van der Waals surface area contributed by atoms with E-state index in [1.165, 1.54) is 0 Å². The predicted molar refractivity (Wildman–Crippen MR) is 99.5 cm³/mol. The average Bonchev–Trinajstić information content (AvgIpc) is 3.26. The number of hydrogen-bond acceptors (Lipinski definition) is 2. The molecule has 0 unspecified atom stereocenters. The minimum Gasteiger partial charge on any atom is -0.327 e. The summed E-state index contributed by atoms with van der Waals surface area (Å²) in [7, 11) is 0. The lowest BCUT2D eigenvalue weighted by atomic mass is 10.2. The maximum Gasteiger partial charge on any atom is 0.322 e. The van der Waals surface area contributed by atoms with E-state index in [0.29, 0.717) is 0 Å². The number of fused-ring (bicyclic) bond motifs is 1. The van der Waals surface area contributed by atoms with Crippen LogP contribution in [0.2, 0.25) is 0 Å². The van der Waals surface area contributed by atoms with Gasteiger partial charge in [0.05, 0.1) is 17.1 Å². The second-order valence-electron chi connectivity index (χ2n) is 6.35. The fourth-order valence-electron chi connectivity index (χ4n) is 3.68. The maximum atomic E-state index is 12.8. The van der Waals surface area contributed by atoms with Crippen molar-refractivity contribution in [1.82, 2.24) is 14.5 Å². The molecule has 1 fully saturated rings. The first-order valence-electron chi connectivity index (χ1n) is 8.85. The van der Waals surface area contributed by atoms with Crippen molar-refractivity contribution in [2.45, 2.75) is 32.4 Å². The highest BCUT2D eigenvalue weighted by molar-refractivity contribution is 5.89. The van der Waals surface area contributed by atoms with Crippen LogP contribution in [-0.4, -0.2) is 27.0 Å². The number of carbonyl (C=O) groups excluding carboxylic acids is 1. The Kier molecular flexibility index (Phi) is 4.14. The van der Waals surface area contributed by atoms with Gasteiger partial charge in [-0.25, -0.2) is 9.78 Å². The Hall–Kier alpha value is -2.82. The van der Waals surface area contributed by atoms with E-state index in [2.05, 4.69) is 22.9 Å². The summed E-state index contributed by atoms with van der Waals surface area (Å²) >= 11 is 0. The molecular weight excluding hydrogens is 312 g/mol. The van der Waals surface area contributed by atoms with Crippen molar-refractivity contribution in [2.75, 3.05) is 11.9 Å². The molecule has 0 saturated carbocycles. The SMILES string of the molecule is CCn1c([C@@H]2CCCN2C(=O)Nc2ccccc2)nc2ccccc21. The molecular formula is C20H22N4O. The lowest BCUT2D eigenvalue weighted by molar-refractivity contribution is 0.204. The number of rotatable bonds is 3. The molecule has 5 nitrogen and oxygen atoms in total. The third kappa shape index (κ3) is 2.86. The normalized spacial score (nSPS) is 17.2. The van der Waals surface area contributed by atoms with Crippen molar-refractivity contribution < 1.29 is 4.79 Å². The van der Waals surface area contributed by atoms with Crippen molar-refractivity contribution in [1.29, 1.82) is 0 Å². The molecule has 4 rings (SSSR count). The van der Waals surface area contributed by atoms with Crippen molar-refractivity contribution in [2.24, 2.45) is 0 Å². The summed E-state index contributed by atoms with van der Waals surface area (Å²) in [6.45, 7) is 3.73. The van der Waals surface area contributed by atoms with E-state index >= 15 is 0 Å². The lowest BCUT2D eigenvalue weighted by Crippen LogP contribution is -2.35. The lowest BCUT2D eigenvalue weighted by Gasteiger charge is -2.25. The molecule has 0 bridgehead atoms. The number of aromatic nitrogens is 2. The molecule has 1 aliphatic heterocycles. The van der Waals surface area contributed by atoms with Gasteiger partial charge in [-0.1, -0.05) is 30.3 Å². The van der Waals surface area contributed by atoms with Crippen molar-refractivity contribution in [3.8, 4) is 0 Å². The third-order valence-electron chi connectivity index (χ3n) is 4.84. The summed E-state index contributed by atoms with van der Waals surface area (Å²) in [6.07, 6.45) is 1.95. The van der Waals surface area contributed by atoms with E-state index in [1.807, 2.05) is 53.4 Å². The van der Waals surface area contributed by atoms with Gasteiger partial charge in [-0.2, -0.15) is 0 Å². The van der Waals surface area contributed by atoms with E-state index in [1.54, 1.807) is 0 Å². The summed E-state index contributed by atoms with van der Waals surface area (Å²) in [4.78, 5) is 19.6. The second-order valence-corrected chi connectivity index (χ2v) is 6.35. The van der Waals surface area contributed by atoms with Gasteiger partial charge in [-0.3, -0.25) is 0 Å². The minimum atomic E-state index is -0.0524. The highest BCUT2D eigenvalue weighted by Crippen LogP contribution is 2.33. The number of carbonyl (C=O) groups is 1. The highest BCUT2D eigenvalue weighted by atomic mass is 16.2. The van der Waals surface area contributed by atoms with Crippen LogP contribution >= 0.6 is 0 Å². The molecule has 25 heavy (non-hydrogen) atoms. The van der Waals surface area contributed by atoms with Gasteiger partial charge in [-0.05, 0) is 44.0 Å². The third-order valence-corrected chi connectivity index (χ3v) is 4.84. The van der Waals surface area contributed by atoms with E-state index < -0.39 is 0 Å². The van der Waals surface area contributed by atoms with Gasteiger partial charge < -0.3 is 14.8 Å². The first kappa shape index (κ1) is 15.7. The van der Waals surface area contributed by atoms with Gasteiger partial charge in [-0.15, -0.1) is 0 Å². The zero-order valence-electron chi connectivity index (χ0n) is 14.4. The zero-order chi connectivity index (χ0) is 17.2. The second kappa shape index (κ2) is 6.59. The van der Waals surface area contributed by atoms with Crippen molar-refractivity contribution in [3.05, 3.63) is 60.4 Å². The Balaban J connectivity index is 1.64. The molecule has 0 radical (unpaired) electrons. The van der Waals surface area contributed by atoms with Crippen molar-refractivity contribution >= 4 is 22.8 Å². The van der Waals surface area contributed by atoms with E-state index in [4.69, 9.17) is 4.98 Å². The van der Waals surface area contributed by atoms with Crippen LogP contribution in [-0.2, 0) is 6.54 Å². The standard InChI is InChI=1S/C20H22N4O/c1-2-23-17-12-7-6-11-16(17)22-19(23)18-13-8-14-24(18)20(25)21-15-9-4-3-5-10-15/h3-7,9-12,18H,2,8,13-14H2,1H3,(H,21,25)/t18-/m0/s1. The summed E-state index contributed by atoms with van der Waals surface area (Å²) in [6, 6.07) is 17.8. The summed E-state index contributed by atoms with van der Waals surface area (Å²) in [5.74, 6) is 0.990. The van der Waals surface area contributed by atoms with Crippen LogP contribution in [0.25, 0.3) is 11.0 Å². The fraction of sp³-hybridized carbons (Fsp3) is 0.300. The molecule has 5 heteroatoms. The van der Waals surface area contributed by atoms with Crippen LogP contribution in [0.3, 0.4) is 0 Å². The Morgan fingerprint density at radius 1 is 1.16 bits per heavy atom. The molecule has 1 atom stereocenters. The quantitative estimate of drug-likeness (QED) is 0.770. The summed E-state index contributed by atoms with van der Waals surface area (Å²) < 4.78 is 2.23. The van der Waals surface area contributed by atoms with Gasteiger partial charge in [0.15, 0.2) is 0 Å². The Morgan fingerprint density at radius 3 is 2.72 bits per heavy atom. The van der Waals surface area contributed by atoms with E-state index in [9.17, 15) is 4.79 Å². The van der Waals surface area contributed by atoms with Crippen LogP contribution in [0.5, 0.6) is 0 Å². The summed E-state index contributed by atoms with van der Waals surface area (Å²) in [5.41, 5.74) is 2.95. The topological polar surface area (TPSA) is 50.2 Å². The Labute approximate surface area is 147 Å². The van der Waals surface area contributed by atoms with Gasteiger partial charge in [0, 0.05) is 18.8 Å². The molecule has 2 amide bonds. The van der Waals surface area contributed by atoms with E-state index in [0.717, 1.165) is 48.5 Å². The molecule has 1 N–H and O–H groups in total. The number of para-hydroxylation sites is 3. The molecule has 3 aromatic rings. The van der Waals surface area contributed by atoms with E-state index in [-0.39, 0.29) is 12.1 Å². The first-order chi connectivity index (χ1) is 12.3. The van der Waals surface area contributed by atoms with Crippen LogP contribution < -0.4 is 5.32 Å². The highest BCUT2D eigenvalue weighted by Gasteiger charge is 2.33. The first-order valence-corrected chi connectivity index (χ1v) is 8.85. The van der Waals surface area contributed by atoms with Crippen LogP contribution in [0.4, 0.5) is 10.5 Å². The number of imidazole rings is 1. The average molecular weight is 334 g/mol. The summed E-state index contributed by atoms with van der Waals surface area (Å²) in [5, 5.41) is 3.00. The number of urea groups is 1. The molecule has 128 valence electrons. The molecule has 1 aliphatic rings. The fourth-order valence-corrected chi connectivity index (χ4v) is 3.68. The maximum absolute atomic E-state index is 12.8. The smallest absolute Gasteiger partial charge is 0.322 e. The van der Waals surface area contributed by atoms with Crippen LogP contribution in [0, 0.1) is 0 Å². The number of aryl methyl sites for hydroxylation is 1. The molecule has 2 aromatic carbocycles. The van der Waals surface area contributed by atoms with Crippen LogP contribution in [0.1, 0.15) is 31.6 Å². The Morgan fingerprint density at radius 2 is 1.92 bits per heavy atom. The Bertz CT molecular complexity index is 887. The number of nitrogens with zero attached hydrogens (tertiary/aromatic N) is 3. The number of benzene rings is 2. The number of anilines is 1. The number of hydrogen-bond donors (Lipinski definition) is 1. The van der Waals surface area contributed by atoms with Gasteiger partial charge in [0.2, 0.25) is 0 Å². The molecule has 0 aliphatic carbocycles. The zero-order valence-corrected chi connectivity index (χ0v) is 14.4. The number of amides is 2. The number of nitrogens with one attached hydrogen (secondary N) is 1.